The van der Waals surface area contributed by atoms with Gasteiger partial charge in [0.1, 0.15) is 17.3 Å². The zero-order valence-electron chi connectivity index (χ0n) is 13.9. The van der Waals surface area contributed by atoms with Crippen molar-refractivity contribution in [3.05, 3.63) is 59.7 Å². The maximum Gasteiger partial charge on any atom is 0.257 e. The van der Waals surface area contributed by atoms with Gasteiger partial charge in [-0.05, 0) is 42.5 Å². The number of benzene rings is 2. The van der Waals surface area contributed by atoms with Gasteiger partial charge in [0.05, 0.1) is 20.0 Å². The molecule has 0 saturated heterocycles. The van der Waals surface area contributed by atoms with Crippen molar-refractivity contribution >= 4 is 11.8 Å². The number of thioether (sulfide) groups is 1. The van der Waals surface area contributed by atoms with Crippen LogP contribution in [0.25, 0.3) is 11.5 Å². The number of rotatable bonds is 7. The SMILES string of the molecule is COc1ccc(-c2nc(CSCc3cc(F)ccc3OC)no2)cc1. The molecule has 0 aliphatic rings. The predicted molar refractivity (Wildman–Crippen MR) is 94.2 cm³/mol. The lowest BCUT2D eigenvalue weighted by Gasteiger charge is -2.07. The van der Waals surface area contributed by atoms with Gasteiger partial charge in [-0.25, -0.2) is 4.39 Å². The molecule has 1 heterocycles. The van der Waals surface area contributed by atoms with Crippen molar-refractivity contribution in [3.63, 3.8) is 0 Å². The second-order valence-electron chi connectivity index (χ2n) is 5.19. The Hall–Kier alpha value is -2.54. The molecule has 0 bridgehead atoms. The molecule has 1 aromatic heterocycles. The van der Waals surface area contributed by atoms with E-state index in [0.29, 0.717) is 29.0 Å². The summed E-state index contributed by atoms with van der Waals surface area (Å²) in [6.07, 6.45) is 0. The van der Waals surface area contributed by atoms with Gasteiger partial charge in [-0.3, -0.25) is 0 Å². The maximum atomic E-state index is 13.4. The van der Waals surface area contributed by atoms with E-state index in [1.807, 2.05) is 24.3 Å². The molecular formula is C18H17FN2O3S. The number of hydrogen-bond donors (Lipinski definition) is 0. The summed E-state index contributed by atoms with van der Waals surface area (Å²) >= 11 is 1.56. The molecule has 0 amide bonds. The van der Waals surface area contributed by atoms with Gasteiger partial charge in [0.2, 0.25) is 0 Å². The normalized spacial score (nSPS) is 10.7. The molecule has 0 atom stereocenters. The first kappa shape index (κ1) is 17.3. The van der Waals surface area contributed by atoms with Crippen LogP contribution in [0.4, 0.5) is 4.39 Å². The van der Waals surface area contributed by atoms with Crippen molar-refractivity contribution in [3.8, 4) is 23.0 Å². The largest absolute Gasteiger partial charge is 0.497 e. The fourth-order valence-electron chi connectivity index (χ4n) is 2.28. The number of aromatic nitrogens is 2. The Kier molecular flexibility index (Phi) is 5.55. The van der Waals surface area contributed by atoms with Crippen molar-refractivity contribution in [2.45, 2.75) is 11.5 Å². The number of hydrogen-bond acceptors (Lipinski definition) is 6. The first-order chi connectivity index (χ1) is 12.2. The molecule has 7 heteroatoms. The van der Waals surface area contributed by atoms with E-state index in [9.17, 15) is 4.39 Å². The van der Waals surface area contributed by atoms with E-state index in [1.165, 1.54) is 12.1 Å². The number of ether oxygens (including phenoxy) is 2. The molecule has 130 valence electrons. The Balaban J connectivity index is 1.61. The average Bonchev–Trinajstić information content (AvgIpc) is 3.11. The molecule has 5 nitrogen and oxygen atoms in total. The molecule has 0 spiro atoms. The lowest BCUT2D eigenvalue weighted by Crippen LogP contribution is -1.92. The highest BCUT2D eigenvalue weighted by Gasteiger charge is 2.10. The lowest BCUT2D eigenvalue weighted by molar-refractivity contribution is 0.410. The Bertz CT molecular complexity index is 837. The van der Waals surface area contributed by atoms with Crippen molar-refractivity contribution < 1.29 is 18.4 Å². The number of halogens is 1. The van der Waals surface area contributed by atoms with Gasteiger partial charge in [-0.2, -0.15) is 4.98 Å². The van der Waals surface area contributed by atoms with E-state index in [1.54, 1.807) is 32.0 Å². The van der Waals surface area contributed by atoms with Crippen LogP contribution in [0.1, 0.15) is 11.4 Å². The summed E-state index contributed by atoms with van der Waals surface area (Å²) in [5, 5.41) is 3.98. The predicted octanol–water partition coefficient (Wildman–Crippen LogP) is 4.33. The van der Waals surface area contributed by atoms with Gasteiger partial charge in [0.15, 0.2) is 5.82 Å². The van der Waals surface area contributed by atoms with Crippen LogP contribution >= 0.6 is 11.8 Å². The van der Waals surface area contributed by atoms with Gasteiger partial charge in [-0.1, -0.05) is 5.16 Å². The molecule has 0 aliphatic carbocycles. The van der Waals surface area contributed by atoms with Crippen molar-refractivity contribution in [1.29, 1.82) is 0 Å². The van der Waals surface area contributed by atoms with Crippen LogP contribution in [0.2, 0.25) is 0 Å². The molecule has 0 saturated carbocycles. The quantitative estimate of drug-likeness (QED) is 0.625. The number of methoxy groups -OCH3 is 2. The Morgan fingerprint density at radius 1 is 1.04 bits per heavy atom. The second-order valence-corrected chi connectivity index (χ2v) is 6.18. The van der Waals surface area contributed by atoms with E-state index < -0.39 is 0 Å². The first-order valence-electron chi connectivity index (χ1n) is 7.57. The Morgan fingerprint density at radius 3 is 2.56 bits per heavy atom. The molecule has 3 rings (SSSR count). The van der Waals surface area contributed by atoms with Crippen LogP contribution in [0.3, 0.4) is 0 Å². The van der Waals surface area contributed by atoms with Crippen LogP contribution in [0.5, 0.6) is 11.5 Å². The summed E-state index contributed by atoms with van der Waals surface area (Å²) in [7, 11) is 3.19. The minimum atomic E-state index is -0.280. The van der Waals surface area contributed by atoms with Gasteiger partial charge in [0.25, 0.3) is 5.89 Å². The highest BCUT2D eigenvalue weighted by Crippen LogP contribution is 2.26. The Morgan fingerprint density at radius 2 is 1.84 bits per heavy atom. The fraction of sp³-hybridized carbons (Fsp3) is 0.222. The summed E-state index contributed by atoms with van der Waals surface area (Å²) in [6, 6.07) is 11.9. The maximum absolute atomic E-state index is 13.4. The highest BCUT2D eigenvalue weighted by atomic mass is 32.2. The molecular weight excluding hydrogens is 343 g/mol. The summed E-state index contributed by atoms with van der Waals surface area (Å²) in [4.78, 5) is 4.38. The van der Waals surface area contributed by atoms with Crippen molar-refractivity contribution in [2.24, 2.45) is 0 Å². The van der Waals surface area contributed by atoms with Crippen LogP contribution in [-0.2, 0) is 11.5 Å². The van der Waals surface area contributed by atoms with E-state index in [0.717, 1.165) is 16.9 Å². The van der Waals surface area contributed by atoms with Crippen LogP contribution in [-0.4, -0.2) is 24.4 Å². The van der Waals surface area contributed by atoms with Gasteiger partial charge in [0, 0.05) is 16.9 Å². The standard InChI is InChI=1S/C18H17FN2O3S/c1-22-15-6-3-12(4-7-15)18-20-17(21-24-18)11-25-10-13-9-14(19)5-8-16(13)23-2/h3-9H,10-11H2,1-2H3. The smallest absolute Gasteiger partial charge is 0.257 e. The molecule has 25 heavy (non-hydrogen) atoms. The van der Waals surface area contributed by atoms with E-state index in [2.05, 4.69) is 10.1 Å². The molecule has 0 fully saturated rings. The van der Waals surface area contributed by atoms with Gasteiger partial charge >= 0.3 is 0 Å². The van der Waals surface area contributed by atoms with E-state index >= 15 is 0 Å². The third kappa shape index (κ3) is 4.30. The molecule has 0 N–H and O–H groups in total. The van der Waals surface area contributed by atoms with Crippen LogP contribution < -0.4 is 9.47 Å². The average molecular weight is 360 g/mol. The second kappa shape index (κ2) is 8.02. The van der Waals surface area contributed by atoms with Gasteiger partial charge in [-0.15, -0.1) is 11.8 Å². The van der Waals surface area contributed by atoms with E-state index in [4.69, 9.17) is 14.0 Å². The lowest BCUT2D eigenvalue weighted by atomic mass is 10.2. The molecule has 0 aliphatic heterocycles. The fourth-order valence-corrected chi connectivity index (χ4v) is 3.12. The first-order valence-corrected chi connectivity index (χ1v) is 8.72. The van der Waals surface area contributed by atoms with Crippen molar-refractivity contribution in [1.82, 2.24) is 10.1 Å². The summed E-state index contributed by atoms with van der Waals surface area (Å²) in [6.45, 7) is 0. The summed E-state index contributed by atoms with van der Waals surface area (Å²) < 4.78 is 29.0. The molecule has 0 unspecified atom stereocenters. The minimum absolute atomic E-state index is 0.280. The van der Waals surface area contributed by atoms with E-state index in [-0.39, 0.29) is 5.82 Å². The Labute approximate surface area is 149 Å². The topological polar surface area (TPSA) is 57.4 Å². The van der Waals surface area contributed by atoms with Crippen LogP contribution in [0.15, 0.2) is 47.0 Å². The monoisotopic (exact) mass is 360 g/mol. The zero-order chi connectivity index (χ0) is 17.6. The third-order valence-corrected chi connectivity index (χ3v) is 4.51. The van der Waals surface area contributed by atoms with Gasteiger partial charge < -0.3 is 14.0 Å². The third-order valence-electron chi connectivity index (χ3n) is 3.54. The number of nitrogens with zero attached hydrogens (tertiary/aromatic N) is 2. The minimum Gasteiger partial charge on any atom is -0.497 e. The summed E-state index contributed by atoms with van der Waals surface area (Å²) in [5.41, 5.74) is 1.63. The highest BCUT2D eigenvalue weighted by molar-refractivity contribution is 7.97. The molecule has 3 aromatic rings. The van der Waals surface area contributed by atoms with Crippen molar-refractivity contribution in [2.75, 3.05) is 14.2 Å². The molecule has 2 aromatic carbocycles. The molecule has 0 radical (unpaired) electrons. The zero-order valence-corrected chi connectivity index (χ0v) is 14.7. The van der Waals surface area contributed by atoms with Crippen LogP contribution in [0, 0.1) is 5.82 Å². The summed E-state index contributed by atoms with van der Waals surface area (Å²) in [5.74, 6) is 3.35.